The minimum absolute atomic E-state index is 0.171. The third-order valence-corrected chi connectivity index (χ3v) is 4.92. The minimum atomic E-state index is -1.04. The SMILES string of the molecule is O=C1N(c2ccccc2)C2(CCNCC2)C1(CO)CO. The average molecular weight is 276 g/mol. The molecule has 0 bridgehead atoms. The van der Waals surface area contributed by atoms with Crippen LogP contribution in [0.4, 0.5) is 5.69 Å². The summed E-state index contributed by atoms with van der Waals surface area (Å²) in [4.78, 5) is 14.4. The summed E-state index contributed by atoms with van der Waals surface area (Å²) in [7, 11) is 0. The van der Waals surface area contributed by atoms with Crippen molar-refractivity contribution in [3.8, 4) is 0 Å². The van der Waals surface area contributed by atoms with Crippen molar-refractivity contribution < 1.29 is 15.0 Å². The highest BCUT2D eigenvalue weighted by Gasteiger charge is 2.70. The molecule has 2 fully saturated rings. The van der Waals surface area contributed by atoms with E-state index in [1.165, 1.54) is 0 Å². The molecule has 1 spiro atoms. The van der Waals surface area contributed by atoms with E-state index in [-0.39, 0.29) is 19.1 Å². The number of aliphatic hydroxyl groups is 2. The number of carbonyl (C=O) groups excluding carboxylic acids is 1. The van der Waals surface area contributed by atoms with Gasteiger partial charge in [0.2, 0.25) is 5.91 Å². The van der Waals surface area contributed by atoms with E-state index in [0.29, 0.717) is 0 Å². The van der Waals surface area contributed by atoms with Crippen LogP contribution < -0.4 is 10.2 Å². The molecule has 0 radical (unpaired) electrons. The van der Waals surface area contributed by atoms with Gasteiger partial charge in [-0.25, -0.2) is 0 Å². The molecule has 2 heterocycles. The van der Waals surface area contributed by atoms with Crippen molar-refractivity contribution in [2.75, 3.05) is 31.2 Å². The molecule has 1 aromatic rings. The third-order valence-electron chi connectivity index (χ3n) is 4.92. The molecule has 2 aliphatic heterocycles. The summed E-state index contributed by atoms with van der Waals surface area (Å²) in [5.74, 6) is -0.171. The van der Waals surface area contributed by atoms with Crippen LogP contribution in [0.1, 0.15) is 12.8 Å². The lowest BCUT2D eigenvalue weighted by molar-refractivity contribution is -0.161. The maximum Gasteiger partial charge on any atom is 0.240 e. The van der Waals surface area contributed by atoms with E-state index >= 15 is 0 Å². The molecule has 3 rings (SSSR count). The number of anilines is 1. The van der Waals surface area contributed by atoms with Crippen LogP contribution in [0.3, 0.4) is 0 Å². The third kappa shape index (κ3) is 1.51. The van der Waals surface area contributed by atoms with Crippen LogP contribution in [-0.4, -0.2) is 48.0 Å². The van der Waals surface area contributed by atoms with Gasteiger partial charge in [-0.05, 0) is 38.1 Å². The van der Waals surface area contributed by atoms with E-state index in [9.17, 15) is 15.0 Å². The zero-order valence-electron chi connectivity index (χ0n) is 11.4. The Hall–Kier alpha value is -1.43. The molecule has 2 saturated heterocycles. The highest BCUT2D eigenvalue weighted by molar-refractivity contribution is 6.08. The first kappa shape index (κ1) is 13.5. The van der Waals surface area contributed by atoms with Gasteiger partial charge in [-0.1, -0.05) is 18.2 Å². The minimum Gasteiger partial charge on any atom is -0.395 e. The molecule has 20 heavy (non-hydrogen) atoms. The number of nitrogens with one attached hydrogen (secondary N) is 1. The molecule has 1 aromatic carbocycles. The van der Waals surface area contributed by atoms with E-state index in [2.05, 4.69) is 5.32 Å². The van der Waals surface area contributed by atoms with Gasteiger partial charge in [0, 0.05) is 5.69 Å². The molecule has 0 unspecified atom stereocenters. The zero-order valence-corrected chi connectivity index (χ0v) is 11.4. The van der Waals surface area contributed by atoms with Crippen molar-refractivity contribution >= 4 is 11.6 Å². The van der Waals surface area contributed by atoms with Gasteiger partial charge < -0.3 is 20.4 Å². The van der Waals surface area contributed by atoms with Crippen LogP contribution in [0.15, 0.2) is 30.3 Å². The molecule has 3 N–H and O–H groups in total. The first-order valence-electron chi connectivity index (χ1n) is 7.04. The molecule has 5 nitrogen and oxygen atoms in total. The lowest BCUT2D eigenvalue weighted by Crippen LogP contribution is -2.82. The highest BCUT2D eigenvalue weighted by atomic mass is 16.3. The van der Waals surface area contributed by atoms with Crippen molar-refractivity contribution in [3.63, 3.8) is 0 Å². The van der Waals surface area contributed by atoms with Gasteiger partial charge >= 0.3 is 0 Å². The fourth-order valence-corrected chi connectivity index (χ4v) is 3.73. The molecule has 1 amide bonds. The van der Waals surface area contributed by atoms with Crippen molar-refractivity contribution in [3.05, 3.63) is 30.3 Å². The molecule has 108 valence electrons. The van der Waals surface area contributed by atoms with Gasteiger partial charge in [0.25, 0.3) is 0 Å². The number of nitrogens with zero attached hydrogens (tertiary/aromatic N) is 1. The summed E-state index contributed by atoms with van der Waals surface area (Å²) in [5, 5.41) is 22.8. The number of β-lactam (4-membered cyclic amide) rings is 1. The Balaban J connectivity index is 2.05. The van der Waals surface area contributed by atoms with Crippen LogP contribution in [-0.2, 0) is 4.79 Å². The molecule has 2 aliphatic rings. The largest absolute Gasteiger partial charge is 0.395 e. The van der Waals surface area contributed by atoms with Crippen LogP contribution in [0, 0.1) is 5.41 Å². The number of amides is 1. The van der Waals surface area contributed by atoms with Crippen LogP contribution >= 0.6 is 0 Å². The molecule has 0 atom stereocenters. The normalized spacial score (nSPS) is 23.7. The Morgan fingerprint density at radius 2 is 1.70 bits per heavy atom. The summed E-state index contributed by atoms with van der Waals surface area (Å²) in [6.45, 7) is 0.980. The van der Waals surface area contributed by atoms with Gasteiger partial charge in [0.1, 0.15) is 5.41 Å². The molecular weight excluding hydrogens is 256 g/mol. The Bertz CT molecular complexity index is 493. The second-order valence-corrected chi connectivity index (χ2v) is 5.66. The maximum absolute atomic E-state index is 12.6. The lowest BCUT2D eigenvalue weighted by Gasteiger charge is -2.65. The number of hydrogen-bond donors (Lipinski definition) is 3. The summed E-state index contributed by atoms with van der Waals surface area (Å²) < 4.78 is 0. The number of benzene rings is 1. The number of piperidine rings is 1. The number of para-hydroxylation sites is 1. The average Bonchev–Trinajstić information content (AvgIpc) is 2.51. The molecule has 0 aromatic heterocycles. The highest BCUT2D eigenvalue weighted by Crippen LogP contribution is 2.54. The van der Waals surface area contributed by atoms with Gasteiger partial charge in [-0.2, -0.15) is 0 Å². The van der Waals surface area contributed by atoms with E-state index in [1.54, 1.807) is 4.90 Å². The van der Waals surface area contributed by atoms with Crippen LogP contribution in [0.2, 0.25) is 0 Å². The second kappa shape index (κ2) is 4.84. The van der Waals surface area contributed by atoms with E-state index in [1.807, 2.05) is 30.3 Å². The Morgan fingerprint density at radius 3 is 2.25 bits per heavy atom. The molecule has 5 heteroatoms. The summed E-state index contributed by atoms with van der Waals surface area (Å²) in [5.41, 5.74) is -0.664. The number of carbonyl (C=O) groups is 1. The fourth-order valence-electron chi connectivity index (χ4n) is 3.73. The number of rotatable bonds is 3. The Morgan fingerprint density at radius 1 is 1.10 bits per heavy atom. The molecule has 0 aliphatic carbocycles. The number of aliphatic hydroxyl groups excluding tert-OH is 2. The topological polar surface area (TPSA) is 72.8 Å². The predicted molar refractivity (Wildman–Crippen MR) is 75.4 cm³/mol. The van der Waals surface area contributed by atoms with Gasteiger partial charge in [-0.15, -0.1) is 0 Å². The van der Waals surface area contributed by atoms with Crippen molar-refractivity contribution in [2.45, 2.75) is 18.4 Å². The quantitative estimate of drug-likeness (QED) is 0.686. The zero-order chi connectivity index (χ0) is 14.2. The number of hydrogen-bond acceptors (Lipinski definition) is 4. The second-order valence-electron chi connectivity index (χ2n) is 5.66. The first-order valence-corrected chi connectivity index (χ1v) is 7.04. The summed E-state index contributed by atoms with van der Waals surface area (Å²) >= 11 is 0. The van der Waals surface area contributed by atoms with Crippen molar-refractivity contribution in [1.29, 1.82) is 0 Å². The standard InChI is InChI=1S/C15H20N2O3/c18-10-14(11-19)13(20)17(12-4-2-1-3-5-12)15(14)6-8-16-9-7-15/h1-5,16,18-19H,6-11H2. The Kier molecular flexibility index (Phi) is 3.28. The monoisotopic (exact) mass is 276 g/mol. The fraction of sp³-hybridized carbons (Fsp3) is 0.533. The van der Waals surface area contributed by atoms with E-state index < -0.39 is 11.0 Å². The maximum atomic E-state index is 12.6. The van der Waals surface area contributed by atoms with Gasteiger partial charge in [0.05, 0.1) is 18.8 Å². The van der Waals surface area contributed by atoms with Gasteiger partial charge in [-0.3, -0.25) is 4.79 Å². The smallest absolute Gasteiger partial charge is 0.240 e. The van der Waals surface area contributed by atoms with Crippen LogP contribution in [0.5, 0.6) is 0 Å². The van der Waals surface area contributed by atoms with Gasteiger partial charge in [0.15, 0.2) is 0 Å². The molecular formula is C15H20N2O3. The Labute approximate surface area is 118 Å². The lowest BCUT2D eigenvalue weighted by atomic mass is 9.56. The summed E-state index contributed by atoms with van der Waals surface area (Å²) in [6, 6.07) is 9.51. The van der Waals surface area contributed by atoms with Crippen LogP contribution in [0.25, 0.3) is 0 Å². The predicted octanol–water partition coefficient (Wildman–Crippen LogP) is 0.126. The van der Waals surface area contributed by atoms with Crippen molar-refractivity contribution in [1.82, 2.24) is 5.32 Å². The first-order chi connectivity index (χ1) is 9.72. The van der Waals surface area contributed by atoms with E-state index in [4.69, 9.17) is 0 Å². The van der Waals surface area contributed by atoms with Crippen molar-refractivity contribution in [2.24, 2.45) is 5.41 Å². The summed E-state index contributed by atoms with van der Waals surface area (Å²) in [6.07, 6.45) is 1.49. The van der Waals surface area contributed by atoms with E-state index in [0.717, 1.165) is 31.6 Å². The molecule has 0 saturated carbocycles.